The number of H-pyrrole nitrogens is 1. The maximum Gasteiger partial charge on any atom is 0.106 e. The van der Waals surface area contributed by atoms with Crippen LogP contribution in [0.5, 0.6) is 0 Å². The highest BCUT2D eigenvalue weighted by atomic mass is 16.3. The highest BCUT2D eigenvalue weighted by molar-refractivity contribution is 5.13. The standard InChI is InChI=1S/C10H18N2O/c1-3-5-6-10-11-8(4-2)9(7-13)12-10/h13H,3-7H2,1-2H3,(H,11,12). The van der Waals surface area contributed by atoms with Gasteiger partial charge in [0.25, 0.3) is 0 Å². The fraction of sp³-hybridized carbons (Fsp3) is 0.700. The molecule has 0 spiro atoms. The van der Waals surface area contributed by atoms with E-state index in [2.05, 4.69) is 23.8 Å². The highest BCUT2D eigenvalue weighted by Crippen LogP contribution is 2.09. The number of unbranched alkanes of at least 4 members (excludes halogenated alkanes) is 1. The van der Waals surface area contributed by atoms with E-state index < -0.39 is 0 Å². The van der Waals surface area contributed by atoms with Gasteiger partial charge < -0.3 is 10.1 Å². The molecule has 0 amide bonds. The van der Waals surface area contributed by atoms with Gasteiger partial charge in [0, 0.05) is 6.42 Å². The van der Waals surface area contributed by atoms with Crippen molar-refractivity contribution in [3.05, 3.63) is 17.2 Å². The summed E-state index contributed by atoms with van der Waals surface area (Å²) >= 11 is 0. The first-order valence-corrected chi connectivity index (χ1v) is 4.99. The molecule has 0 saturated carbocycles. The normalized spacial score (nSPS) is 10.7. The van der Waals surface area contributed by atoms with Crippen LogP contribution in [0.1, 0.15) is 43.9 Å². The second-order valence-electron chi connectivity index (χ2n) is 3.22. The molecule has 0 aliphatic rings. The van der Waals surface area contributed by atoms with Crippen LogP contribution in [0.4, 0.5) is 0 Å². The second kappa shape index (κ2) is 5.02. The first-order chi connectivity index (χ1) is 6.31. The maximum atomic E-state index is 9.02. The van der Waals surface area contributed by atoms with E-state index in [1.165, 1.54) is 6.42 Å². The van der Waals surface area contributed by atoms with Gasteiger partial charge >= 0.3 is 0 Å². The average molecular weight is 182 g/mol. The number of aliphatic hydroxyl groups is 1. The Bertz CT molecular complexity index is 234. The van der Waals surface area contributed by atoms with Crippen LogP contribution in [-0.2, 0) is 19.4 Å². The average Bonchev–Trinajstić information content (AvgIpc) is 2.57. The number of aromatic amines is 1. The van der Waals surface area contributed by atoms with Gasteiger partial charge in [0.15, 0.2) is 0 Å². The Balaban J connectivity index is 2.68. The summed E-state index contributed by atoms with van der Waals surface area (Å²) < 4.78 is 0. The van der Waals surface area contributed by atoms with Crippen LogP contribution in [0.15, 0.2) is 0 Å². The molecule has 2 N–H and O–H groups in total. The minimum Gasteiger partial charge on any atom is -0.390 e. The van der Waals surface area contributed by atoms with Gasteiger partial charge in [-0.15, -0.1) is 0 Å². The Kier molecular flexibility index (Phi) is 3.96. The van der Waals surface area contributed by atoms with Gasteiger partial charge in [-0.1, -0.05) is 20.3 Å². The lowest BCUT2D eigenvalue weighted by molar-refractivity contribution is 0.276. The van der Waals surface area contributed by atoms with Crippen molar-refractivity contribution in [1.29, 1.82) is 0 Å². The van der Waals surface area contributed by atoms with Gasteiger partial charge in [-0.05, 0) is 12.8 Å². The van der Waals surface area contributed by atoms with Crippen LogP contribution < -0.4 is 0 Å². The van der Waals surface area contributed by atoms with E-state index in [4.69, 9.17) is 5.11 Å². The highest BCUT2D eigenvalue weighted by Gasteiger charge is 2.06. The van der Waals surface area contributed by atoms with E-state index in [9.17, 15) is 0 Å². The first kappa shape index (κ1) is 10.3. The zero-order chi connectivity index (χ0) is 9.68. The molecule has 1 rings (SSSR count). The topological polar surface area (TPSA) is 48.9 Å². The summed E-state index contributed by atoms with van der Waals surface area (Å²) in [6.45, 7) is 4.29. The van der Waals surface area contributed by atoms with E-state index in [1.807, 2.05) is 0 Å². The van der Waals surface area contributed by atoms with Crippen molar-refractivity contribution in [3.8, 4) is 0 Å². The third kappa shape index (κ3) is 2.56. The Hall–Kier alpha value is -0.830. The Morgan fingerprint density at radius 1 is 1.38 bits per heavy atom. The molecule has 0 fully saturated rings. The molecule has 0 aliphatic carbocycles. The lowest BCUT2D eigenvalue weighted by atomic mass is 10.2. The number of aliphatic hydroxyl groups excluding tert-OH is 1. The van der Waals surface area contributed by atoms with Crippen molar-refractivity contribution in [2.45, 2.75) is 46.1 Å². The lowest BCUT2D eigenvalue weighted by Crippen LogP contribution is -1.89. The van der Waals surface area contributed by atoms with Crippen molar-refractivity contribution in [2.24, 2.45) is 0 Å². The van der Waals surface area contributed by atoms with Crippen LogP contribution in [0.2, 0.25) is 0 Å². The monoisotopic (exact) mass is 182 g/mol. The van der Waals surface area contributed by atoms with Gasteiger partial charge in [-0.3, -0.25) is 0 Å². The first-order valence-electron chi connectivity index (χ1n) is 4.99. The summed E-state index contributed by atoms with van der Waals surface area (Å²) in [6.07, 6.45) is 4.21. The Labute approximate surface area is 79.2 Å². The zero-order valence-electron chi connectivity index (χ0n) is 8.43. The SMILES string of the molecule is CCCCc1nc(CC)c(CO)[nH]1. The van der Waals surface area contributed by atoms with Crippen molar-refractivity contribution in [3.63, 3.8) is 0 Å². The fourth-order valence-corrected chi connectivity index (χ4v) is 1.39. The third-order valence-corrected chi connectivity index (χ3v) is 2.17. The molecule has 13 heavy (non-hydrogen) atoms. The van der Waals surface area contributed by atoms with Crippen LogP contribution in [0.3, 0.4) is 0 Å². The number of rotatable bonds is 5. The number of nitrogens with zero attached hydrogens (tertiary/aromatic N) is 1. The summed E-state index contributed by atoms with van der Waals surface area (Å²) in [7, 11) is 0. The zero-order valence-corrected chi connectivity index (χ0v) is 8.43. The maximum absolute atomic E-state index is 9.02. The lowest BCUT2D eigenvalue weighted by Gasteiger charge is -1.92. The van der Waals surface area contributed by atoms with Crippen LogP contribution >= 0.6 is 0 Å². The fourth-order valence-electron chi connectivity index (χ4n) is 1.39. The second-order valence-corrected chi connectivity index (χ2v) is 3.22. The third-order valence-electron chi connectivity index (χ3n) is 2.17. The van der Waals surface area contributed by atoms with E-state index in [-0.39, 0.29) is 6.61 Å². The minimum atomic E-state index is 0.0717. The van der Waals surface area contributed by atoms with Gasteiger partial charge in [0.05, 0.1) is 18.0 Å². The number of hydrogen-bond donors (Lipinski definition) is 2. The number of hydrogen-bond acceptors (Lipinski definition) is 2. The molecule has 0 radical (unpaired) electrons. The van der Waals surface area contributed by atoms with Crippen molar-refractivity contribution < 1.29 is 5.11 Å². The predicted molar refractivity (Wildman–Crippen MR) is 52.5 cm³/mol. The summed E-state index contributed by atoms with van der Waals surface area (Å²) in [4.78, 5) is 7.58. The Morgan fingerprint density at radius 2 is 2.15 bits per heavy atom. The molecule has 74 valence electrons. The van der Waals surface area contributed by atoms with Crippen molar-refractivity contribution >= 4 is 0 Å². The van der Waals surface area contributed by atoms with Crippen molar-refractivity contribution in [1.82, 2.24) is 9.97 Å². The summed E-state index contributed by atoms with van der Waals surface area (Å²) in [5, 5.41) is 9.02. The van der Waals surface area contributed by atoms with Gasteiger partial charge in [-0.2, -0.15) is 0 Å². The number of aryl methyl sites for hydroxylation is 2. The molecule has 0 aliphatic heterocycles. The molecule has 0 unspecified atom stereocenters. The summed E-state index contributed by atoms with van der Waals surface area (Å²) in [5.41, 5.74) is 1.89. The van der Waals surface area contributed by atoms with Gasteiger partial charge in [0.2, 0.25) is 0 Å². The summed E-state index contributed by atoms with van der Waals surface area (Å²) in [6, 6.07) is 0. The molecular formula is C10H18N2O. The van der Waals surface area contributed by atoms with E-state index in [1.54, 1.807) is 0 Å². The van der Waals surface area contributed by atoms with Crippen molar-refractivity contribution in [2.75, 3.05) is 0 Å². The molecule has 0 aromatic carbocycles. The number of imidazole rings is 1. The van der Waals surface area contributed by atoms with E-state index >= 15 is 0 Å². The molecule has 1 heterocycles. The quantitative estimate of drug-likeness (QED) is 0.729. The molecule has 0 bridgehead atoms. The number of nitrogens with one attached hydrogen (secondary N) is 1. The molecule has 1 aromatic rings. The van der Waals surface area contributed by atoms with E-state index in [0.29, 0.717) is 0 Å². The smallest absolute Gasteiger partial charge is 0.106 e. The molecule has 1 aromatic heterocycles. The predicted octanol–water partition coefficient (Wildman–Crippen LogP) is 1.81. The molecule has 0 atom stereocenters. The van der Waals surface area contributed by atoms with Crippen LogP contribution in [0, 0.1) is 0 Å². The minimum absolute atomic E-state index is 0.0717. The Morgan fingerprint density at radius 3 is 2.62 bits per heavy atom. The molecule has 3 nitrogen and oxygen atoms in total. The molecular weight excluding hydrogens is 164 g/mol. The van der Waals surface area contributed by atoms with Gasteiger partial charge in [-0.25, -0.2) is 4.98 Å². The summed E-state index contributed by atoms with van der Waals surface area (Å²) in [5.74, 6) is 1.02. The van der Waals surface area contributed by atoms with Gasteiger partial charge in [0.1, 0.15) is 5.82 Å². The van der Waals surface area contributed by atoms with E-state index in [0.717, 1.165) is 36.5 Å². The largest absolute Gasteiger partial charge is 0.390 e. The molecule has 0 saturated heterocycles. The number of aromatic nitrogens is 2. The van der Waals surface area contributed by atoms with Crippen LogP contribution in [0.25, 0.3) is 0 Å². The van der Waals surface area contributed by atoms with Crippen LogP contribution in [-0.4, -0.2) is 15.1 Å². The molecule has 3 heteroatoms.